The van der Waals surface area contributed by atoms with Gasteiger partial charge in [-0.2, -0.15) is 0 Å². The quantitative estimate of drug-likeness (QED) is 0.365. The Morgan fingerprint density at radius 3 is 2.14 bits per heavy atom. The van der Waals surface area contributed by atoms with Crippen molar-refractivity contribution in [2.75, 3.05) is 5.75 Å². The maximum Gasteiger partial charge on any atom is 0.243 e. The zero-order valence-electron chi connectivity index (χ0n) is 22.1. The molecule has 1 atom stereocenters. The normalized spacial score (nSPS) is 12.1. The Labute approximate surface area is 220 Å². The topological polar surface area (TPSA) is 49.4 Å². The first-order chi connectivity index (χ1) is 17.1. The summed E-state index contributed by atoms with van der Waals surface area (Å²) < 4.78 is 0. The minimum Gasteiger partial charge on any atom is -0.350 e. The van der Waals surface area contributed by atoms with Crippen molar-refractivity contribution in [2.24, 2.45) is 0 Å². The van der Waals surface area contributed by atoms with E-state index in [0.717, 1.165) is 22.4 Å². The van der Waals surface area contributed by atoms with Crippen LogP contribution in [0.4, 0.5) is 0 Å². The summed E-state index contributed by atoms with van der Waals surface area (Å²) in [5.41, 5.74) is 5.19. The van der Waals surface area contributed by atoms with E-state index in [9.17, 15) is 9.59 Å². The van der Waals surface area contributed by atoms with Crippen LogP contribution in [-0.2, 0) is 28.3 Å². The fourth-order valence-electron chi connectivity index (χ4n) is 4.04. The third kappa shape index (κ3) is 8.87. The standard InChI is InChI=1S/C31H38N2O2S/c1-23-14-16-26(17-15-23)21-36-22-29(34)33(20-27-13-9-10-24(2)18-27)28(30(35)32-31(3,4)5)19-25-11-7-6-8-12-25/h6-18,28H,19-22H2,1-5H3,(H,32,35)/t28-/m0/s1. The van der Waals surface area contributed by atoms with Crippen LogP contribution in [0.1, 0.15) is 48.6 Å². The number of carbonyl (C=O) groups is 2. The Bertz CT molecular complexity index is 1140. The van der Waals surface area contributed by atoms with E-state index in [1.807, 2.05) is 76.2 Å². The van der Waals surface area contributed by atoms with Gasteiger partial charge in [0.15, 0.2) is 0 Å². The summed E-state index contributed by atoms with van der Waals surface area (Å²) >= 11 is 1.59. The number of nitrogens with one attached hydrogen (secondary N) is 1. The van der Waals surface area contributed by atoms with Crippen LogP contribution < -0.4 is 5.32 Å². The molecule has 0 aliphatic carbocycles. The molecule has 0 unspecified atom stereocenters. The van der Waals surface area contributed by atoms with Gasteiger partial charge in [0.25, 0.3) is 0 Å². The highest BCUT2D eigenvalue weighted by Gasteiger charge is 2.32. The molecule has 0 radical (unpaired) electrons. The summed E-state index contributed by atoms with van der Waals surface area (Å²) in [5, 5.41) is 3.12. The minimum absolute atomic E-state index is 0.0291. The molecular formula is C31H38N2O2S. The Morgan fingerprint density at radius 1 is 0.833 bits per heavy atom. The molecule has 3 aromatic rings. The predicted molar refractivity (Wildman–Crippen MR) is 151 cm³/mol. The molecule has 3 rings (SSSR count). The van der Waals surface area contributed by atoms with Crippen molar-refractivity contribution in [3.63, 3.8) is 0 Å². The van der Waals surface area contributed by atoms with Crippen LogP contribution in [0.5, 0.6) is 0 Å². The van der Waals surface area contributed by atoms with Crippen molar-refractivity contribution < 1.29 is 9.59 Å². The molecule has 3 aromatic carbocycles. The van der Waals surface area contributed by atoms with Gasteiger partial charge in [-0.05, 0) is 51.3 Å². The van der Waals surface area contributed by atoms with Gasteiger partial charge >= 0.3 is 0 Å². The van der Waals surface area contributed by atoms with Crippen LogP contribution >= 0.6 is 11.8 Å². The lowest BCUT2D eigenvalue weighted by atomic mass is 10.0. The maximum absolute atomic E-state index is 13.7. The van der Waals surface area contributed by atoms with E-state index in [-0.39, 0.29) is 11.8 Å². The lowest BCUT2D eigenvalue weighted by Gasteiger charge is -2.34. The molecule has 190 valence electrons. The van der Waals surface area contributed by atoms with Gasteiger partial charge in [0.2, 0.25) is 11.8 Å². The average Bonchev–Trinajstić information content (AvgIpc) is 2.82. The Morgan fingerprint density at radius 2 is 1.50 bits per heavy atom. The van der Waals surface area contributed by atoms with Crippen LogP contribution in [-0.4, -0.2) is 34.0 Å². The van der Waals surface area contributed by atoms with Crippen molar-refractivity contribution in [2.45, 2.75) is 64.9 Å². The number of thioether (sulfide) groups is 1. The van der Waals surface area contributed by atoms with E-state index in [1.165, 1.54) is 11.1 Å². The monoisotopic (exact) mass is 502 g/mol. The third-order valence-electron chi connectivity index (χ3n) is 5.82. The summed E-state index contributed by atoms with van der Waals surface area (Å²) in [6.07, 6.45) is 0.461. The lowest BCUT2D eigenvalue weighted by molar-refractivity contribution is -0.140. The van der Waals surface area contributed by atoms with Gasteiger partial charge in [-0.3, -0.25) is 9.59 Å². The molecular weight excluding hydrogens is 464 g/mol. The number of nitrogens with zero attached hydrogens (tertiary/aromatic N) is 1. The number of hydrogen-bond donors (Lipinski definition) is 1. The Balaban J connectivity index is 1.86. The fourth-order valence-corrected chi connectivity index (χ4v) is 4.91. The van der Waals surface area contributed by atoms with Crippen molar-refractivity contribution >= 4 is 23.6 Å². The van der Waals surface area contributed by atoms with Crippen molar-refractivity contribution in [3.8, 4) is 0 Å². The second kappa shape index (κ2) is 12.8. The lowest BCUT2D eigenvalue weighted by Crippen LogP contribution is -2.54. The highest BCUT2D eigenvalue weighted by molar-refractivity contribution is 7.99. The first kappa shape index (κ1) is 27.5. The van der Waals surface area contributed by atoms with Crippen LogP contribution in [0.15, 0.2) is 78.9 Å². The summed E-state index contributed by atoms with van der Waals surface area (Å²) in [6.45, 7) is 10.4. The average molecular weight is 503 g/mol. The number of hydrogen-bond acceptors (Lipinski definition) is 3. The molecule has 0 fully saturated rings. The highest BCUT2D eigenvalue weighted by atomic mass is 32.2. The number of amides is 2. The Hall–Kier alpha value is -3.05. The molecule has 0 bridgehead atoms. The van der Waals surface area contributed by atoms with E-state index in [1.54, 1.807) is 16.7 Å². The van der Waals surface area contributed by atoms with Gasteiger partial charge in [0, 0.05) is 24.3 Å². The molecule has 2 amide bonds. The molecule has 0 aliphatic rings. The van der Waals surface area contributed by atoms with Gasteiger partial charge in [-0.1, -0.05) is 90.0 Å². The molecule has 5 heteroatoms. The van der Waals surface area contributed by atoms with E-state index >= 15 is 0 Å². The number of carbonyl (C=O) groups excluding carboxylic acids is 2. The SMILES string of the molecule is Cc1ccc(CSCC(=O)N(Cc2cccc(C)c2)[C@@H](Cc2ccccc2)C(=O)NC(C)(C)C)cc1. The molecule has 36 heavy (non-hydrogen) atoms. The van der Waals surface area contributed by atoms with Gasteiger partial charge in [-0.25, -0.2) is 0 Å². The van der Waals surface area contributed by atoms with Crippen LogP contribution in [0.25, 0.3) is 0 Å². The van der Waals surface area contributed by atoms with Crippen LogP contribution in [0, 0.1) is 13.8 Å². The summed E-state index contributed by atoms with van der Waals surface area (Å²) in [5.74, 6) is 0.907. The Kier molecular flexibility index (Phi) is 9.77. The van der Waals surface area contributed by atoms with Gasteiger partial charge in [-0.15, -0.1) is 11.8 Å². The largest absolute Gasteiger partial charge is 0.350 e. The second-order valence-corrected chi connectivity index (χ2v) is 11.4. The molecule has 0 heterocycles. The molecule has 0 saturated carbocycles. The van der Waals surface area contributed by atoms with Gasteiger partial charge < -0.3 is 10.2 Å². The second-order valence-electron chi connectivity index (χ2n) is 10.4. The summed E-state index contributed by atoms with van der Waals surface area (Å²) in [6, 6.07) is 25.9. The summed E-state index contributed by atoms with van der Waals surface area (Å²) in [7, 11) is 0. The number of rotatable bonds is 10. The van der Waals surface area contributed by atoms with Crippen LogP contribution in [0.2, 0.25) is 0 Å². The molecule has 0 aliphatic heterocycles. The van der Waals surface area contributed by atoms with E-state index in [0.29, 0.717) is 18.7 Å². The van der Waals surface area contributed by atoms with Crippen molar-refractivity contribution in [1.29, 1.82) is 0 Å². The van der Waals surface area contributed by atoms with E-state index in [2.05, 4.69) is 42.6 Å². The van der Waals surface area contributed by atoms with E-state index in [4.69, 9.17) is 0 Å². The number of aryl methyl sites for hydroxylation is 2. The molecule has 1 N–H and O–H groups in total. The fraction of sp³-hybridized carbons (Fsp3) is 0.355. The van der Waals surface area contributed by atoms with Crippen molar-refractivity contribution in [1.82, 2.24) is 10.2 Å². The molecule has 0 aromatic heterocycles. The smallest absolute Gasteiger partial charge is 0.243 e. The van der Waals surface area contributed by atoms with E-state index < -0.39 is 11.6 Å². The minimum atomic E-state index is -0.611. The number of benzene rings is 3. The van der Waals surface area contributed by atoms with Gasteiger partial charge in [0.05, 0.1) is 5.75 Å². The summed E-state index contributed by atoms with van der Waals surface area (Å²) in [4.78, 5) is 29.1. The molecule has 4 nitrogen and oxygen atoms in total. The maximum atomic E-state index is 13.7. The molecule has 0 saturated heterocycles. The zero-order chi connectivity index (χ0) is 26.1. The predicted octanol–water partition coefficient (Wildman–Crippen LogP) is 6.09. The first-order valence-corrected chi connectivity index (χ1v) is 13.6. The first-order valence-electron chi connectivity index (χ1n) is 12.4. The van der Waals surface area contributed by atoms with Crippen LogP contribution in [0.3, 0.4) is 0 Å². The van der Waals surface area contributed by atoms with Crippen molar-refractivity contribution in [3.05, 3.63) is 107 Å². The highest BCUT2D eigenvalue weighted by Crippen LogP contribution is 2.20. The zero-order valence-corrected chi connectivity index (χ0v) is 22.9. The van der Waals surface area contributed by atoms with Gasteiger partial charge in [0.1, 0.15) is 6.04 Å². The third-order valence-corrected chi connectivity index (χ3v) is 6.81. The molecule has 0 spiro atoms.